The van der Waals surface area contributed by atoms with Crippen LogP contribution in [0.4, 0.5) is 0 Å². The molecule has 1 aromatic carbocycles. The molecule has 0 unspecified atom stereocenters. The lowest BCUT2D eigenvalue weighted by molar-refractivity contribution is 0.392. The normalized spacial score (nSPS) is 11.5. The Hall–Kier alpha value is -1.07. The van der Waals surface area contributed by atoms with Gasteiger partial charge >= 0.3 is 0 Å². The molecule has 0 radical (unpaired) electrons. The number of aryl methyl sites for hydroxylation is 1. The molecule has 0 fully saturated rings. The Bertz CT molecular complexity index is 463. The van der Waals surface area contributed by atoms with E-state index in [4.69, 9.17) is 9.29 Å². The highest BCUT2D eigenvalue weighted by molar-refractivity contribution is 7.86. The van der Waals surface area contributed by atoms with Crippen LogP contribution in [0.2, 0.25) is 0 Å². The molecule has 1 rings (SSSR count). The van der Waals surface area contributed by atoms with E-state index in [9.17, 15) is 8.42 Å². The summed E-state index contributed by atoms with van der Waals surface area (Å²) in [5, 5.41) is 0. The molecule has 0 amide bonds. The summed E-state index contributed by atoms with van der Waals surface area (Å²) in [5.41, 5.74) is 1.74. The van der Waals surface area contributed by atoms with Crippen LogP contribution in [0.5, 0.6) is 5.75 Å². The van der Waals surface area contributed by atoms with E-state index in [0.29, 0.717) is 6.42 Å². The van der Waals surface area contributed by atoms with Gasteiger partial charge in [-0.15, -0.1) is 0 Å². The molecule has 0 saturated carbocycles. The van der Waals surface area contributed by atoms with Crippen LogP contribution in [-0.2, 0) is 16.5 Å². The fourth-order valence-electron chi connectivity index (χ4n) is 1.57. The van der Waals surface area contributed by atoms with Gasteiger partial charge in [-0.05, 0) is 30.5 Å². The predicted molar refractivity (Wildman–Crippen MR) is 56.9 cm³/mol. The molecule has 4 nitrogen and oxygen atoms in total. The van der Waals surface area contributed by atoms with Crippen molar-refractivity contribution in [2.24, 2.45) is 0 Å². The maximum absolute atomic E-state index is 11.1. The minimum absolute atomic E-state index is 0.174. The highest BCUT2D eigenvalue weighted by atomic mass is 32.2. The van der Waals surface area contributed by atoms with Crippen molar-refractivity contribution in [3.63, 3.8) is 0 Å². The highest BCUT2D eigenvalue weighted by Gasteiger charge is 2.19. The zero-order valence-electron chi connectivity index (χ0n) is 8.94. The number of ether oxygens (including phenoxy) is 1. The second-order valence-corrected chi connectivity index (χ2v) is 4.61. The van der Waals surface area contributed by atoms with Crippen molar-refractivity contribution in [3.8, 4) is 5.75 Å². The quantitative estimate of drug-likeness (QED) is 0.804. The van der Waals surface area contributed by atoms with Gasteiger partial charge in [0.05, 0.1) is 7.11 Å². The molecule has 1 N–H and O–H groups in total. The van der Waals surface area contributed by atoms with Gasteiger partial charge in [-0.25, -0.2) is 0 Å². The van der Waals surface area contributed by atoms with Gasteiger partial charge in [0.2, 0.25) is 0 Å². The molecule has 5 heteroatoms. The van der Waals surface area contributed by atoms with Crippen molar-refractivity contribution >= 4 is 10.1 Å². The van der Waals surface area contributed by atoms with Crippen molar-refractivity contribution in [2.45, 2.75) is 25.2 Å². The summed E-state index contributed by atoms with van der Waals surface area (Å²) < 4.78 is 36.2. The second kappa shape index (κ2) is 4.20. The molecule has 0 aliphatic carbocycles. The van der Waals surface area contributed by atoms with Crippen LogP contribution in [0, 0.1) is 6.92 Å². The Labute approximate surface area is 89.6 Å². The molecule has 0 spiro atoms. The number of hydrogen-bond acceptors (Lipinski definition) is 3. The smallest absolute Gasteiger partial charge is 0.298 e. The molecule has 15 heavy (non-hydrogen) atoms. The van der Waals surface area contributed by atoms with E-state index in [1.54, 1.807) is 6.07 Å². The van der Waals surface area contributed by atoms with E-state index >= 15 is 0 Å². The Balaban J connectivity index is 3.57. The zero-order valence-corrected chi connectivity index (χ0v) is 9.76. The van der Waals surface area contributed by atoms with Crippen LogP contribution in [-0.4, -0.2) is 20.1 Å². The molecule has 0 heterocycles. The minimum atomic E-state index is -4.22. The SMILES string of the molecule is CCc1c(C)ccc(S(=O)(=O)O)c1OC. The topological polar surface area (TPSA) is 63.6 Å². The van der Waals surface area contributed by atoms with Gasteiger partial charge in [0, 0.05) is 0 Å². The van der Waals surface area contributed by atoms with Crippen molar-refractivity contribution < 1.29 is 17.7 Å². The van der Waals surface area contributed by atoms with Gasteiger partial charge in [0.25, 0.3) is 10.1 Å². The number of methoxy groups -OCH3 is 1. The molecule has 0 aliphatic heterocycles. The third-order valence-corrected chi connectivity index (χ3v) is 3.17. The fourth-order valence-corrected chi connectivity index (χ4v) is 2.25. The van der Waals surface area contributed by atoms with E-state index in [-0.39, 0.29) is 10.6 Å². The van der Waals surface area contributed by atoms with Gasteiger partial charge in [-0.1, -0.05) is 13.0 Å². The summed E-state index contributed by atoms with van der Waals surface area (Å²) in [6, 6.07) is 3.01. The van der Waals surface area contributed by atoms with Crippen LogP contribution in [0.1, 0.15) is 18.1 Å². The van der Waals surface area contributed by atoms with Gasteiger partial charge < -0.3 is 4.74 Å². The van der Waals surface area contributed by atoms with Crippen LogP contribution in [0.25, 0.3) is 0 Å². The molecule has 1 aromatic rings. The zero-order chi connectivity index (χ0) is 11.6. The molecule has 0 aromatic heterocycles. The number of benzene rings is 1. The third-order valence-electron chi connectivity index (χ3n) is 2.29. The number of rotatable bonds is 3. The van der Waals surface area contributed by atoms with Crippen LogP contribution < -0.4 is 4.74 Å². The maximum atomic E-state index is 11.1. The number of hydrogen-bond donors (Lipinski definition) is 1. The van der Waals surface area contributed by atoms with Crippen molar-refractivity contribution in [1.29, 1.82) is 0 Å². The first-order valence-corrected chi connectivity index (χ1v) is 5.99. The van der Waals surface area contributed by atoms with Crippen LogP contribution in [0.15, 0.2) is 17.0 Å². The van der Waals surface area contributed by atoms with Gasteiger partial charge in [0.1, 0.15) is 10.6 Å². The fraction of sp³-hybridized carbons (Fsp3) is 0.400. The molecule has 84 valence electrons. The molecule has 0 bridgehead atoms. The second-order valence-electron chi connectivity index (χ2n) is 3.22. The monoisotopic (exact) mass is 230 g/mol. The van der Waals surface area contributed by atoms with Crippen LogP contribution in [0.3, 0.4) is 0 Å². The van der Waals surface area contributed by atoms with Crippen molar-refractivity contribution in [2.75, 3.05) is 7.11 Å². The summed E-state index contributed by atoms with van der Waals surface area (Å²) in [6.07, 6.45) is 0.651. The van der Waals surface area contributed by atoms with Crippen molar-refractivity contribution in [3.05, 3.63) is 23.3 Å². The van der Waals surface area contributed by atoms with E-state index in [1.165, 1.54) is 13.2 Å². The summed E-state index contributed by atoms with van der Waals surface area (Å²) in [7, 11) is -2.83. The first kappa shape index (κ1) is 12.0. The minimum Gasteiger partial charge on any atom is -0.495 e. The Kier molecular flexibility index (Phi) is 3.36. The molecule has 0 aliphatic rings. The molecular weight excluding hydrogens is 216 g/mol. The summed E-state index contributed by atoms with van der Waals surface area (Å²) >= 11 is 0. The summed E-state index contributed by atoms with van der Waals surface area (Å²) in [4.78, 5) is -0.174. The third kappa shape index (κ3) is 2.30. The predicted octanol–water partition coefficient (Wildman–Crippen LogP) is 1.81. The maximum Gasteiger partial charge on any atom is 0.298 e. The molecule has 0 atom stereocenters. The van der Waals surface area contributed by atoms with E-state index in [0.717, 1.165) is 11.1 Å². The summed E-state index contributed by atoms with van der Waals surface area (Å²) in [6.45, 7) is 3.77. The molecule has 0 saturated heterocycles. The van der Waals surface area contributed by atoms with E-state index in [2.05, 4.69) is 0 Å². The molecular formula is C10H14O4S. The standard InChI is InChI=1S/C10H14O4S/c1-4-8-7(2)5-6-9(10(8)14-3)15(11,12)13/h5-6H,4H2,1-3H3,(H,11,12,13). The van der Waals surface area contributed by atoms with Crippen molar-refractivity contribution in [1.82, 2.24) is 0 Å². The first-order chi connectivity index (χ1) is 6.91. The van der Waals surface area contributed by atoms with Gasteiger partial charge in [-0.3, -0.25) is 4.55 Å². The lowest BCUT2D eigenvalue weighted by Crippen LogP contribution is -2.05. The first-order valence-electron chi connectivity index (χ1n) is 4.55. The lowest BCUT2D eigenvalue weighted by Gasteiger charge is -2.12. The average molecular weight is 230 g/mol. The Morgan fingerprint density at radius 3 is 2.40 bits per heavy atom. The average Bonchev–Trinajstić information content (AvgIpc) is 2.15. The summed E-state index contributed by atoms with van der Waals surface area (Å²) in [5.74, 6) is 0.236. The highest BCUT2D eigenvalue weighted by Crippen LogP contribution is 2.30. The largest absolute Gasteiger partial charge is 0.495 e. The van der Waals surface area contributed by atoms with Gasteiger partial charge in [-0.2, -0.15) is 8.42 Å². The Morgan fingerprint density at radius 1 is 1.40 bits per heavy atom. The Morgan fingerprint density at radius 2 is 2.00 bits per heavy atom. The van der Waals surface area contributed by atoms with E-state index < -0.39 is 10.1 Å². The van der Waals surface area contributed by atoms with Gasteiger partial charge in [0.15, 0.2) is 0 Å². The van der Waals surface area contributed by atoms with E-state index in [1.807, 2.05) is 13.8 Å². The lowest BCUT2D eigenvalue weighted by atomic mass is 10.1. The van der Waals surface area contributed by atoms with Crippen LogP contribution >= 0.6 is 0 Å².